The van der Waals surface area contributed by atoms with Crippen LogP contribution in [0.3, 0.4) is 0 Å². The molecule has 124 valence electrons. The molecule has 7 nitrogen and oxygen atoms in total. The van der Waals surface area contributed by atoms with Crippen LogP contribution >= 0.6 is 0 Å². The van der Waals surface area contributed by atoms with Crippen LogP contribution in [0.4, 0.5) is 0 Å². The van der Waals surface area contributed by atoms with E-state index < -0.39 is 22.0 Å². The van der Waals surface area contributed by atoms with E-state index in [-0.39, 0.29) is 11.3 Å². The van der Waals surface area contributed by atoms with Crippen molar-refractivity contribution in [3.05, 3.63) is 47.3 Å². The normalized spacial score (nSPS) is 13.0. The molecule has 0 bridgehead atoms. The molecule has 8 heteroatoms. The number of carbonyl (C=O) groups is 1. The van der Waals surface area contributed by atoms with E-state index in [1.165, 1.54) is 4.68 Å². The van der Waals surface area contributed by atoms with Gasteiger partial charge >= 0.3 is 0 Å². The monoisotopic (exact) mass is 336 g/mol. The number of amides is 1. The fraction of sp³-hybridized carbons (Fsp3) is 0.333. The van der Waals surface area contributed by atoms with Crippen molar-refractivity contribution in [3.63, 3.8) is 0 Å². The third-order valence-electron chi connectivity index (χ3n) is 3.63. The van der Waals surface area contributed by atoms with Gasteiger partial charge in [0, 0.05) is 7.05 Å². The number of hydrogen-bond acceptors (Lipinski definition) is 4. The molecule has 0 aliphatic carbocycles. The quantitative estimate of drug-likeness (QED) is 0.796. The lowest BCUT2D eigenvalue weighted by Crippen LogP contribution is -2.46. The summed E-state index contributed by atoms with van der Waals surface area (Å²) in [5.41, 5.74) is 7.06. The largest absolute Gasteiger partial charge is 0.368 e. The zero-order valence-corrected chi connectivity index (χ0v) is 14.1. The van der Waals surface area contributed by atoms with Gasteiger partial charge in [-0.2, -0.15) is 9.82 Å². The van der Waals surface area contributed by atoms with Gasteiger partial charge in [-0.15, -0.1) is 0 Å². The highest BCUT2D eigenvalue weighted by atomic mass is 32.2. The predicted molar refractivity (Wildman–Crippen MR) is 86.1 cm³/mol. The van der Waals surface area contributed by atoms with Crippen LogP contribution in [0.15, 0.2) is 35.2 Å². The van der Waals surface area contributed by atoms with Crippen LogP contribution in [0.2, 0.25) is 0 Å². The molecule has 0 aliphatic rings. The number of aromatic nitrogens is 2. The number of nitrogens with two attached hydrogens (primary N) is 1. The van der Waals surface area contributed by atoms with E-state index in [1.807, 2.05) is 30.3 Å². The molecule has 0 radical (unpaired) electrons. The second kappa shape index (κ2) is 6.51. The zero-order chi connectivity index (χ0) is 17.2. The number of aryl methyl sites for hydroxylation is 2. The van der Waals surface area contributed by atoms with E-state index in [9.17, 15) is 13.2 Å². The van der Waals surface area contributed by atoms with Gasteiger partial charge in [0.25, 0.3) is 0 Å². The fourth-order valence-electron chi connectivity index (χ4n) is 2.44. The molecular weight excluding hydrogens is 316 g/mol. The van der Waals surface area contributed by atoms with E-state index >= 15 is 0 Å². The van der Waals surface area contributed by atoms with Crippen molar-refractivity contribution >= 4 is 15.9 Å². The lowest BCUT2D eigenvalue weighted by molar-refractivity contribution is -0.119. The van der Waals surface area contributed by atoms with Gasteiger partial charge in [0.2, 0.25) is 15.9 Å². The Balaban J connectivity index is 2.30. The van der Waals surface area contributed by atoms with Crippen molar-refractivity contribution in [2.45, 2.75) is 31.2 Å². The lowest BCUT2D eigenvalue weighted by Gasteiger charge is -2.16. The Morgan fingerprint density at radius 2 is 1.91 bits per heavy atom. The molecule has 0 aliphatic heterocycles. The lowest BCUT2D eigenvalue weighted by atomic mass is 10.1. The van der Waals surface area contributed by atoms with E-state index in [0.29, 0.717) is 11.4 Å². The Labute approximate surface area is 135 Å². The van der Waals surface area contributed by atoms with Gasteiger partial charge in [-0.05, 0) is 25.8 Å². The minimum Gasteiger partial charge on any atom is -0.368 e. The van der Waals surface area contributed by atoms with Crippen LogP contribution in [-0.4, -0.2) is 30.1 Å². The zero-order valence-electron chi connectivity index (χ0n) is 13.3. The van der Waals surface area contributed by atoms with Crippen molar-refractivity contribution in [2.24, 2.45) is 12.8 Å². The number of hydrogen-bond donors (Lipinski definition) is 2. The summed E-state index contributed by atoms with van der Waals surface area (Å²) in [5.74, 6) is -0.725. The molecule has 3 N–H and O–H groups in total. The Morgan fingerprint density at radius 3 is 2.39 bits per heavy atom. The smallest absolute Gasteiger partial charge is 0.244 e. The van der Waals surface area contributed by atoms with E-state index in [4.69, 9.17) is 5.73 Å². The van der Waals surface area contributed by atoms with Crippen molar-refractivity contribution in [1.82, 2.24) is 14.5 Å². The molecule has 1 amide bonds. The minimum absolute atomic E-state index is 0.0827. The van der Waals surface area contributed by atoms with Crippen LogP contribution < -0.4 is 10.5 Å². The summed E-state index contributed by atoms with van der Waals surface area (Å²) >= 11 is 0. The van der Waals surface area contributed by atoms with Gasteiger partial charge in [-0.3, -0.25) is 9.48 Å². The van der Waals surface area contributed by atoms with Crippen LogP contribution in [-0.2, 0) is 28.3 Å². The second-order valence-corrected chi connectivity index (χ2v) is 7.04. The SMILES string of the molecule is Cc1nn(C)c(C)c1S(=O)(=O)N[C@@H](Cc1ccccc1)C(N)=O. The maximum atomic E-state index is 12.6. The average molecular weight is 336 g/mol. The van der Waals surface area contributed by atoms with Crippen molar-refractivity contribution in [3.8, 4) is 0 Å². The van der Waals surface area contributed by atoms with Gasteiger partial charge in [0.05, 0.1) is 11.4 Å². The first kappa shape index (κ1) is 17.2. The highest BCUT2D eigenvalue weighted by molar-refractivity contribution is 7.89. The van der Waals surface area contributed by atoms with Crippen molar-refractivity contribution in [2.75, 3.05) is 0 Å². The highest BCUT2D eigenvalue weighted by Crippen LogP contribution is 2.19. The van der Waals surface area contributed by atoms with Gasteiger partial charge in [-0.25, -0.2) is 8.42 Å². The number of carbonyl (C=O) groups excluding carboxylic acids is 1. The van der Waals surface area contributed by atoms with Crippen molar-refractivity contribution < 1.29 is 13.2 Å². The molecule has 2 rings (SSSR count). The molecule has 1 aromatic carbocycles. The van der Waals surface area contributed by atoms with Gasteiger partial charge in [-0.1, -0.05) is 30.3 Å². The van der Waals surface area contributed by atoms with E-state index in [2.05, 4.69) is 9.82 Å². The molecule has 23 heavy (non-hydrogen) atoms. The molecule has 0 saturated heterocycles. The number of primary amides is 1. The Bertz CT molecular complexity index is 813. The van der Waals surface area contributed by atoms with Crippen LogP contribution in [0, 0.1) is 13.8 Å². The third kappa shape index (κ3) is 3.77. The number of nitrogens with zero attached hydrogens (tertiary/aromatic N) is 2. The molecule has 1 heterocycles. The molecule has 0 unspecified atom stereocenters. The summed E-state index contributed by atoms with van der Waals surface area (Å²) in [6, 6.07) is 8.07. The van der Waals surface area contributed by atoms with Gasteiger partial charge in [0.15, 0.2) is 0 Å². The standard InChI is InChI=1S/C15H20N4O3S/c1-10-14(11(2)19(3)17-10)23(21,22)18-13(15(16)20)9-12-7-5-4-6-8-12/h4-8,13,18H,9H2,1-3H3,(H2,16,20)/t13-/m0/s1. The molecular formula is C15H20N4O3S. The van der Waals surface area contributed by atoms with E-state index in [1.54, 1.807) is 20.9 Å². The first-order chi connectivity index (χ1) is 10.7. The molecule has 2 aromatic rings. The minimum atomic E-state index is -3.90. The molecule has 1 atom stereocenters. The average Bonchev–Trinajstić information content (AvgIpc) is 2.72. The summed E-state index contributed by atoms with van der Waals surface area (Å²) in [5, 5.41) is 4.09. The van der Waals surface area contributed by atoms with Crippen molar-refractivity contribution in [1.29, 1.82) is 0 Å². The summed E-state index contributed by atoms with van der Waals surface area (Å²) in [7, 11) is -2.24. The van der Waals surface area contributed by atoms with E-state index in [0.717, 1.165) is 5.56 Å². The Kier molecular flexibility index (Phi) is 4.86. The second-order valence-electron chi connectivity index (χ2n) is 5.39. The van der Waals surface area contributed by atoms with Gasteiger partial charge < -0.3 is 5.73 Å². The molecule has 1 aromatic heterocycles. The maximum absolute atomic E-state index is 12.6. The summed E-state index contributed by atoms with van der Waals surface area (Å²) in [6.45, 7) is 3.27. The first-order valence-electron chi connectivity index (χ1n) is 7.08. The molecule has 0 saturated carbocycles. The number of benzene rings is 1. The summed E-state index contributed by atoms with van der Waals surface area (Å²) < 4.78 is 29.1. The van der Waals surface area contributed by atoms with Gasteiger partial charge in [0.1, 0.15) is 10.9 Å². The number of nitrogens with one attached hydrogen (secondary N) is 1. The molecule has 0 fully saturated rings. The third-order valence-corrected chi connectivity index (χ3v) is 5.36. The first-order valence-corrected chi connectivity index (χ1v) is 8.56. The molecule has 0 spiro atoms. The maximum Gasteiger partial charge on any atom is 0.244 e. The Morgan fingerprint density at radius 1 is 1.30 bits per heavy atom. The Hall–Kier alpha value is -2.19. The topological polar surface area (TPSA) is 107 Å². The highest BCUT2D eigenvalue weighted by Gasteiger charge is 2.29. The van der Waals surface area contributed by atoms with Crippen LogP contribution in [0.25, 0.3) is 0 Å². The number of sulfonamides is 1. The summed E-state index contributed by atoms with van der Waals surface area (Å²) in [6.07, 6.45) is 0.188. The number of rotatable bonds is 6. The predicted octanol–water partition coefficient (Wildman–Crippen LogP) is 0.412. The van der Waals surface area contributed by atoms with Crippen LogP contribution in [0.1, 0.15) is 17.0 Å². The fourth-order valence-corrected chi connectivity index (χ4v) is 4.08. The van der Waals surface area contributed by atoms with Crippen LogP contribution in [0.5, 0.6) is 0 Å². The summed E-state index contributed by atoms with van der Waals surface area (Å²) in [4.78, 5) is 11.7.